The van der Waals surface area contributed by atoms with Crippen molar-refractivity contribution >= 4 is 15.9 Å². The fourth-order valence-corrected chi connectivity index (χ4v) is 2.20. The lowest BCUT2D eigenvalue weighted by Crippen LogP contribution is -2.16. The Labute approximate surface area is 118 Å². The Kier molecular flexibility index (Phi) is 4.61. The Morgan fingerprint density at radius 2 is 1.95 bits per heavy atom. The van der Waals surface area contributed by atoms with Crippen LogP contribution in [-0.2, 0) is 12.8 Å². The Morgan fingerprint density at radius 3 is 2.63 bits per heavy atom. The lowest BCUT2D eigenvalue weighted by molar-refractivity contribution is 0.171. The van der Waals surface area contributed by atoms with E-state index < -0.39 is 17.7 Å². The highest BCUT2D eigenvalue weighted by molar-refractivity contribution is 9.10. The van der Waals surface area contributed by atoms with E-state index >= 15 is 0 Å². The predicted octanol–water partition coefficient (Wildman–Crippen LogP) is 3.27. The summed E-state index contributed by atoms with van der Waals surface area (Å²) in [5, 5.41) is 9.91. The number of rotatable bonds is 4. The molecule has 100 valence electrons. The van der Waals surface area contributed by atoms with Crippen molar-refractivity contribution in [2.24, 2.45) is 0 Å². The number of hydrogen-bond donors (Lipinski definition) is 1. The summed E-state index contributed by atoms with van der Waals surface area (Å²) in [6.45, 7) is 0. The van der Waals surface area contributed by atoms with Crippen molar-refractivity contribution in [2.75, 3.05) is 0 Å². The summed E-state index contributed by atoms with van der Waals surface area (Å²) in [5.74, 6) is -1.32. The van der Waals surface area contributed by atoms with Gasteiger partial charge in [-0.25, -0.2) is 8.78 Å². The minimum Gasteiger partial charge on any atom is -0.392 e. The first-order chi connectivity index (χ1) is 9.08. The molecule has 0 fully saturated rings. The zero-order chi connectivity index (χ0) is 13.8. The molecule has 1 aromatic carbocycles. The van der Waals surface area contributed by atoms with Gasteiger partial charge in [0.25, 0.3) is 0 Å². The number of aromatic nitrogens is 1. The summed E-state index contributed by atoms with van der Waals surface area (Å²) in [5.41, 5.74) is 0.573. The molecule has 0 saturated heterocycles. The van der Waals surface area contributed by atoms with Gasteiger partial charge in [0.05, 0.1) is 10.6 Å². The molecule has 0 aliphatic carbocycles. The van der Waals surface area contributed by atoms with E-state index in [1.807, 2.05) is 0 Å². The third kappa shape index (κ3) is 3.58. The van der Waals surface area contributed by atoms with Crippen LogP contribution in [0.1, 0.15) is 11.3 Å². The van der Waals surface area contributed by atoms with E-state index in [1.54, 1.807) is 24.4 Å². The van der Waals surface area contributed by atoms with Gasteiger partial charge in [-0.2, -0.15) is 0 Å². The maximum Gasteiger partial charge on any atom is 0.143 e. The van der Waals surface area contributed by atoms with Crippen molar-refractivity contribution in [1.29, 1.82) is 0 Å². The fraction of sp³-hybridized carbons (Fsp3) is 0.214. The summed E-state index contributed by atoms with van der Waals surface area (Å²) in [7, 11) is 0. The number of halogens is 3. The van der Waals surface area contributed by atoms with Crippen LogP contribution in [-0.4, -0.2) is 16.2 Å². The normalized spacial score (nSPS) is 12.4. The van der Waals surface area contributed by atoms with Gasteiger partial charge in [0.2, 0.25) is 0 Å². The van der Waals surface area contributed by atoms with Crippen molar-refractivity contribution in [3.05, 3.63) is 63.9 Å². The zero-order valence-electron chi connectivity index (χ0n) is 9.98. The molecule has 2 nitrogen and oxygen atoms in total. The van der Waals surface area contributed by atoms with E-state index in [9.17, 15) is 13.9 Å². The van der Waals surface area contributed by atoms with E-state index in [1.165, 1.54) is 12.1 Å². The largest absolute Gasteiger partial charge is 0.392 e. The Bertz CT molecular complexity index is 563. The minimum absolute atomic E-state index is 0.0896. The summed E-state index contributed by atoms with van der Waals surface area (Å²) in [6, 6.07) is 7.81. The monoisotopic (exact) mass is 327 g/mol. The van der Waals surface area contributed by atoms with Crippen molar-refractivity contribution < 1.29 is 13.9 Å². The second-order valence-electron chi connectivity index (χ2n) is 4.20. The fourth-order valence-electron chi connectivity index (χ4n) is 1.82. The summed E-state index contributed by atoms with van der Waals surface area (Å²) < 4.78 is 27.5. The smallest absolute Gasteiger partial charge is 0.143 e. The van der Waals surface area contributed by atoms with E-state index in [2.05, 4.69) is 20.9 Å². The van der Waals surface area contributed by atoms with Crippen LogP contribution in [0, 0.1) is 11.6 Å². The SMILES string of the molecule is OC(Cc1ccccn1)Cc1c(F)ccc(Br)c1F. The molecule has 0 bridgehead atoms. The Balaban J connectivity index is 2.11. The van der Waals surface area contributed by atoms with Crippen LogP contribution in [0.2, 0.25) is 0 Å². The van der Waals surface area contributed by atoms with Gasteiger partial charge in [0.15, 0.2) is 0 Å². The number of aliphatic hydroxyl groups is 1. The number of pyridine rings is 1. The quantitative estimate of drug-likeness (QED) is 0.874. The van der Waals surface area contributed by atoms with Gasteiger partial charge >= 0.3 is 0 Å². The van der Waals surface area contributed by atoms with Crippen molar-refractivity contribution in [1.82, 2.24) is 4.98 Å². The summed E-state index contributed by atoms with van der Waals surface area (Å²) in [6.07, 6.45) is 0.899. The van der Waals surface area contributed by atoms with E-state index in [-0.39, 0.29) is 22.9 Å². The lowest BCUT2D eigenvalue weighted by atomic mass is 10.0. The average Bonchev–Trinajstić information content (AvgIpc) is 2.40. The molecule has 0 saturated carbocycles. The van der Waals surface area contributed by atoms with Crippen LogP contribution in [0.4, 0.5) is 8.78 Å². The van der Waals surface area contributed by atoms with E-state index in [0.717, 1.165) is 0 Å². The van der Waals surface area contributed by atoms with Crippen molar-refractivity contribution in [2.45, 2.75) is 18.9 Å². The van der Waals surface area contributed by atoms with Gasteiger partial charge in [-0.1, -0.05) is 6.07 Å². The third-order valence-electron chi connectivity index (χ3n) is 2.75. The summed E-state index contributed by atoms with van der Waals surface area (Å²) >= 11 is 3.00. The third-order valence-corrected chi connectivity index (χ3v) is 3.36. The standard InChI is InChI=1S/C14H12BrF2NO/c15-12-4-5-13(16)11(14(12)17)8-10(19)7-9-3-1-2-6-18-9/h1-6,10,19H,7-8H2. The van der Waals surface area contributed by atoms with E-state index in [0.29, 0.717) is 5.69 Å². The van der Waals surface area contributed by atoms with Crippen LogP contribution in [0.5, 0.6) is 0 Å². The number of hydrogen-bond acceptors (Lipinski definition) is 2. The first kappa shape index (κ1) is 14.1. The first-order valence-corrected chi connectivity index (χ1v) is 6.57. The Hall–Kier alpha value is -1.33. The van der Waals surface area contributed by atoms with Crippen LogP contribution >= 0.6 is 15.9 Å². The second-order valence-corrected chi connectivity index (χ2v) is 5.06. The molecule has 1 unspecified atom stereocenters. The molecule has 1 atom stereocenters. The van der Waals surface area contributed by atoms with Crippen LogP contribution in [0.15, 0.2) is 41.0 Å². The second kappa shape index (κ2) is 6.21. The summed E-state index contributed by atoms with van der Waals surface area (Å²) in [4.78, 5) is 4.07. The van der Waals surface area contributed by atoms with E-state index in [4.69, 9.17) is 0 Å². The van der Waals surface area contributed by atoms with Crippen LogP contribution in [0.3, 0.4) is 0 Å². The molecule has 1 N–H and O–H groups in total. The molecule has 2 rings (SSSR count). The van der Waals surface area contributed by atoms with Gasteiger partial charge in [-0.3, -0.25) is 4.98 Å². The lowest BCUT2D eigenvalue weighted by Gasteiger charge is -2.12. The highest BCUT2D eigenvalue weighted by Gasteiger charge is 2.16. The molecule has 0 aliphatic heterocycles. The topological polar surface area (TPSA) is 33.1 Å². The van der Waals surface area contributed by atoms with Crippen LogP contribution in [0.25, 0.3) is 0 Å². The molecule has 2 aromatic rings. The Morgan fingerprint density at radius 1 is 1.16 bits per heavy atom. The molecule has 0 radical (unpaired) electrons. The molecule has 5 heteroatoms. The molecule has 0 amide bonds. The van der Waals surface area contributed by atoms with Crippen molar-refractivity contribution in [3.63, 3.8) is 0 Å². The number of aliphatic hydroxyl groups excluding tert-OH is 1. The van der Waals surface area contributed by atoms with Gasteiger partial charge in [0, 0.05) is 30.3 Å². The van der Waals surface area contributed by atoms with Crippen LogP contribution < -0.4 is 0 Å². The average molecular weight is 328 g/mol. The van der Waals surface area contributed by atoms with Crippen molar-refractivity contribution in [3.8, 4) is 0 Å². The van der Waals surface area contributed by atoms with Gasteiger partial charge in [-0.15, -0.1) is 0 Å². The number of benzene rings is 1. The number of nitrogens with zero attached hydrogens (tertiary/aromatic N) is 1. The molecule has 1 heterocycles. The molecule has 0 aliphatic rings. The zero-order valence-corrected chi connectivity index (χ0v) is 11.6. The molecular formula is C14H12BrF2NO. The minimum atomic E-state index is -0.881. The maximum atomic E-state index is 13.7. The van der Waals surface area contributed by atoms with Gasteiger partial charge in [-0.05, 0) is 40.2 Å². The molecular weight excluding hydrogens is 316 g/mol. The maximum absolute atomic E-state index is 13.7. The first-order valence-electron chi connectivity index (χ1n) is 5.78. The molecule has 0 spiro atoms. The molecule has 1 aromatic heterocycles. The van der Waals surface area contributed by atoms with Gasteiger partial charge < -0.3 is 5.11 Å². The highest BCUT2D eigenvalue weighted by atomic mass is 79.9. The molecule has 19 heavy (non-hydrogen) atoms. The predicted molar refractivity (Wildman–Crippen MR) is 71.7 cm³/mol. The van der Waals surface area contributed by atoms with Gasteiger partial charge in [0.1, 0.15) is 11.6 Å². The highest BCUT2D eigenvalue weighted by Crippen LogP contribution is 2.23.